The number of aryl methyl sites for hydroxylation is 1. The molecule has 1 amide bonds. The third-order valence-corrected chi connectivity index (χ3v) is 6.09. The number of aldehydes is 1. The number of benzene rings is 2. The molecule has 0 saturated carbocycles. The van der Waals surface area contributed by atoms with Crippen LogP contribution in [0.4, 0.5) is 0 Å². The third-order valence-electron chi connectivity index (χ3n) is 6.09. The maximum atomic E-state index is 13.2. The quantitative estimate of drug-likeness (QED) is 0.507. The van der Waals surface area contributed by atoms with Crippen LogP contribution >= 0.6 is 0 Å². The molecule has 4 nitrogen and oxygen atoms in total. The Balaban J connectivity index is 1.50. The van der Waals surface area contributed by atoms with Gasteiger partial charge in [-0.3, -0.25) is 9.59 Å². The van der Waals surface area contributed by atoms with Crippen LogP contribution in [0.5, 0.6) is 0 Å². The van der Waals surface area contributed by atoms with Gasteiger partial charge in [-0.15, -0.1) is 0 Å². The molecular weight excluding hydrogens is 360 g/mol. The second-order valence-corrected chi connectivity index (χ2v) is 7.93. The number of aromatic nitrogens is 1. The average Bonchev–Trinajstić information content (AvgIpc) is 3.19. The molecule has 3 aromatic rings. The van der Waals surface area contributed by atoms with Crippen LogP contribution in [0.3, 0.4) is 0 Å². The van der Waals surface area contributed by atoms with Crippen LogP contribution in [0.1, 0.15) is 39.9 Å². The molecule has 29 heavy (non-hydrogen) atoms. The van der Waals surface area contributed by atoms with E-state index in [4.69, 9.17) is 0 Å². The zero-order valence-electron chi connectivity index (χ0n) is 16.8. The fraction of sp³-hybridized carbons (Fsp3) is 0.280. The lowest BCUT2D eigenvalue weighted by molar-refractivity contribution is -0.103. The minimum Gasteiger partial charge on any atom is -0.361 e. The number of carbonyl (C=O) groups is 2. The van der Waals surface area contributed by atoms with E-state index in [-0.39, 0.29) is 5.91 Å². The van der Waals surface area contributed by atoms with Crippen LogP contribution in [0.25, 0.3) is 16.5 Å². The van der Waals surface area contributed by atoms with E-state index in [2.05, 4.69) is 35.8 Å². The molecule has 4 rings (SSSR count). The lowest BCUT2D eigenvalue weighted by Gasteiger charge is -2.32. The van der Waals surface area contributed by atoms with Crippen molar-refractivity contribution in [1.29, 1.82) is 0 Å². The number of allylic oxidation sites excluding steroid dienone is 1. The highest BCUT2D eigenvalue weighted by Gasteiger charge is 2.25. The highest BCUT2D eigenvalue weighted by Crippen LogP contribution is 2.30. The number of nitrogens with zero attached hydrogens (tertiary/aromatic N) is 1. The van der Waals surface area contributed by atoms with Gasteiger partial charge in [-0.2, -0.15) is 0 Å². The zero-order valence-corrected chi connectivity index (χ0v) is 16.8. The third kappa shape index (κ3) is 3.75. The minimum absolute atomic E-state index is 0.0754. The minimum atomic E-state index is 0.0754. The van der Waals surface area contributed by atoms with Crippen molar-refractivity contribution >= 4 is 28.7 Å². The first-order valence-corrected chi connectivity index (χ1v) is 10.2. The Bertz CT molecular complexity index is 1060. The number of hydrogen-bond donors (Lipinski definition) is 1. The number of aromatic amines is 1. The number of nitrogens with one attached hydrogen (secondary N) is 1. The van der Waals surface area contributed by atoms with E-state index in [0.29, 0.717) is 17.1 Å². The van der Waals surface area contributed by atoms with Gasteiger partial charge in [0.15, 0.2) is 0 Å². The molecule has 1 aliphatic heterocycles. The van der Waals surface area contributed by atoms with Crippen molar-refractivity contribution in [3.63, 3.8) is 0 Å². The summed E-state index contributed by atoms with van der Waals surface area (Å²) in [7, 11) is 0. The highest BCUT2D eigenvalue weighted by atomic mass is 16.2. The molecule has 1 aliphatic rings. The first-order valence-electron chi connectivity index (χ1n) is 10.2. The number of H-pyrrole nitrogens is 1. The second kappa shape index (κ2) is 8.08. The molecule has 0 aliphatic carbocycles. The van der Waals surface area contributed by atoms with E-state index in [1.54, 1.807) is 6.20 Å². The Kier molecular flexibility index (Phi) is 5.34. The predicted molar refractivity (Wildman–Crippen MR) is 117 cm³/mol. The lowest BCUT2D eigenvalue weighted by atomic mass is 9.89. The van der Waals surface area contributed by atoms with Crippen LogP contribution in [-0.4, -0.2) is 35.2 Å². The van der Waals surface area contributed by atoms with Crippen LogP contribution < -0.4 is 0 Å². The summed E-state index contributed by atoms with van der Waals surface area (Å²) < 4.78 is 0. The molecule has 0 bridgehead atoms. The molecule has 1 fully saturated rings. The first-order chi connectivity index (χ1) is 14.1. The monoisotopic (exact) mass is 386 g/mol. The van der Waals surface area contributed by atoms with E-state index >= 15 is 0 Å². The van der Waals surface area contributed by atoms with Crippen molar-refractivity contribution in [1.82, 2.24) is 9.88 Å². The first kappa shape index (κ1) is 19.2. The summed E-state index contributed by atoms with van der Waals surface area (Å²) in [5.74, 6) is 0.698. The van der Waals surface area contributed by atoms with Crippen molar-refractivity contribution < 1.29 is 9.59 Å². The molecule has 2 heterocycles. The van der Waals surface area contributed by atoms with E-state index in [9.17, 15) is 9.59 Å². The van der Waals surface area contributed by atoms with Crippen LogP contribution in [0.15, 0.2) is 55.2 Å². The van der Waals surface area contributed by atoms with Crippen molar-refractivity contribution in [2.45, 2.75) is 26.2 Å². The SMILES string of the molecule is C=C(C=O)c1c[nH]c2ccc(C(=O)N3CCC(Cc4ccccc4)CC3)c(C)c12. The average molecular weight is 386 g/mol. The topological polar surface area (TPSA) is 53.2 Å². The molecule has 2 aromatic carbocycles. The molecule has 0 radical (unpaired) electrons. The van der Waals surface area contributed by atoms with Crippen molar-refractivity contribution in [3.05, 3.63) is 77.5 Å². The largest absolute Gasteiger partial charge is 0.361 e. The summed E-state index contributed by atoms with van der Waals surface area (Å²) in [5, 5.41) is 0.909. The highest BCUT2D eigenvalue weighted by molar-refractivity contribution is 6.13. The number of amides is 1. The maximum Gasteiger partial charge on any atom is 0.254 e. The van der Waals surface area contributed by atoms with Gasteiger partial charge in [0, 0.05) is 46.9 Å². The van der Waals surface area contributed by atoms with E-state index < -0.39 is 0 Å². The fourth-order valence-electron chi connectivity index (χ4n) is 4.41. The standard InChI is InChI=1S/C25H26N2O2/c1-17(16-28)22-15-26-23-9-8-21(18(2)24(22)23)25(29)27-12-10-20(11-13-27)14-19-6-4-3-5-7-19/h3-9,15-16,20,26H,1,10-14H2,2H3. The summed E-state index contributed by atoms with van der Waals surface area (Å²) in [4.78, 5) is 29.6. The van der Waals surface area contributed by atoms with Crippen molar-refractivity contribution in [2.24, 2.45) is 5.92 Å². The summed E-state index contributed by atoms with van der Waals surface area (Å²) in [6.45, 7) is 7.36. The normalized spacial score (nSPS) is 14.9. The van der Waals surface area contributed by atoms with Crippen LogP contribution in [-0.2, 0) is 11.2 Å². The molecule has 1 N–H and O–H groups in total. The van der Waals surface area contributed by atoms with Gasteiger partial charge in [-0.25, -0.2) is 0 Å². The Morgan fingerprint density at radius 2 is 1.86 bits per heavy atom. The van der Waals surface area contributed by atoms with Gasteiger partial charge in [-0.05, 0) is 55.4 Å². The molecule has 0 spiro atoms. The van der Waals surface area contributed by atoms with Gasteiger partial charge in [0.05, 0.1) is 0 Å². The van der Waals surface area contributed by atoms with Gasteiger partial charge < -0.3 is 9.88 Å². The summed E-state index contributed by atoms with van der Waals surface area (Å²) in [6.07, 6.45) is 5.68. The molecule has 4 heteroatoms. The van der Waals surface area contributed by atoms with Gasteiger partial charge in [-0.1, -0.05) is 36.9 Å². The second-order valence-electron chi connectivity index (χ2n) is 7.93. The Labute approximate surface area is 171 Å². The van der Waals surface area contributed by atoms with Gasteiger partial charge in [0.2, 0.25) is 0 Å². The van der Waals surface area contributed by atoms with Gasteiger partial charge >= 0.3 is 0 Å². The maximum absolute atomic E-state index is 13.2. The summed E-state index contributed by atoms with van der Waals surface area (Å²) in [6, 6.07) is 14.4. The zero-order chi connectivity index (χ0) is 20.4. The molecule has 1 saturated heterocycles. The number of carbonyl (C=O) groups excluding carboxylic acids is 2. The molecule has 0 unspecified atom stereocenters. The smallest absolute Gasteiger partial charge is 0.254 e. The number of piperidine rings is 1. The van der Waals surface area contributed by atoms with E-state index in [0.717, 1.165) is 60.7 Å². The van der Waals surface area contributed by atoms with Crippen LogP contribution in [0.2, 0.25) is 0 Å². The van der Waals surface area contributed by atoms with Crippen molar-refractivity contribution in [3.8, 4) is 0 Å². The number of rotatable bonds is 5. The summed E-state index contributed by atoms with van der Waals surface area (Å²) in [5.41, 5.74) is 5.08. The number of hydrogen-bond acceptors (Lipinski definition) is 2. The fourth-order valence-corrected chi connectivity index (χ4v) is 4.41. The Hall–Kier alpha value is -3.14. The summed E-state index contributed by atoms with van der Waals surface area (Å²) >= 11 is 0. The van der Waals surface area contributed by atoms with Gasteiger partial charge in [0.25, 0.3) is 5.91 Å². The van der Waals surface area contributed by atoms with Gasteiger partial charge in [0.1, 0.15) is 6.29 Å². The van der Waals surface area contributed by atoms with Crippen molar-refractivity contribution in [2.75, 3.05) is 13.1 Å². The van der Waals surface area contributed by atoms with Crippen LogP contribution in [0, 0.1) is 12.8 Å². The molecule has 0 atom stereocenters. The Morgan fingerprint density at radius 1 is 1.14 bits per heavy atom. The molecule has 1 aromatic heterocycles. The van der Waals surface area contributed by atoms with E-state index in [1.165, 1.54) is 5.56 Å². The van der Waals surface area contributed by atoms with E-state index in [1.807, 2.05) is 30.0 Å². The molecular formula is C25H26N2O2. The number of likely N-dealkylation sites (tertiary alicyclic amines) is 1. The Morgan fingerprint density at radius 3 is 2.55 bits per heavy atom. The lowest BCUT2D eigenvalue weighted by Crippen LogP contribution is -2.39. The predicted octanol–water partition coefficient (Wildman–Crippen LogP) is 4.78. The molecule has 148 valence electrons. The number of fused-ring (bicyclic) bond motifs is 1.